The molecule has 0 spiro atoms. The zero-order chi connectivity index (χ0) is 15.0. The van der Waals surface area contributed by atoms with E-state index < -0.39 is 21.4 Å². The van der Waals surface area contributed by atoms with E-state index in [0.717, 1.165) is 12.1 Å². The van der Waals surface area contributed by atoms with Crippen molar-refractivity contribution in [3.8, 4) is 0 Å². The second-order valence-electron chi connectivity index (χ2n) is 5.44. The minimum atomic E-state index is -3.83. The quantitative estimate of drug-likeness (QED) is 0.807. The average Bonchev–Trinajstić information content (AvgIpc) is 2.53. The van der Waals surface area contributed by atoms with Crippen LogP contribution in [0, 0.1) is 5.82 Å². The molecule has 1 fully saturated rings. The summed E-state index contributed by atoms with van der Waals surface area (Å²) >= 11 is 0. The molecule has 1 aliphatic heterocycles. The minimum Gasteiger partial charge on any atom is -0.398 e. The largest absolute Gasteiger partial charge is 0.398 e. The summed E-state index contributed by atoms with van der Waals surface area (Å²) in [5.41, 5.74) is 4.82. The van der Waals surface area contributed by atoms with Crippen LogP contribution in [0.5, 0.6) is 0 Å². The first-order valence-corrected chi connectivity index (χ1v) is 7.94. The molecule has 1 saturated heterocycles. The van der Waals surface area contributed by atoms with Gasteiger partial charge in [0.25, 0.3) is 0 Å². The second kappa shape index (κ2) is 5.31. The van der Waals surface area contributed by atoms with Crippen LogP contribution in [0.25, 0.3) is 0 Å². The minimum absolute atomic E-state index is 0.0300. The molecule has 0 saturated carbocycles. The van der Waals surface area contributed by atoms with E-state index in [1.807, 2.05) is 0 Å². The number of anilines is 1. The van der Waals surface area contributed by atoms with Crippen molar-refractivity contribution < 1.29 is 17.9 Å². The molecule has 1 atom stereocenters. The highest BCUT2D eigenvalue weighted by molar-refractivity contribution is 7.89. The first-order chi connectivity index (χ1) is 9.22. The molecular weight excluding hydrogens is 283 g/mol. The van der Waals surface area contributed by atoms with E-state index in [-0.39, 0.29) is 17.1 Å². The maximum absolute atomic E-state index is 13.3. The van der Waals surface area contributed by atoms with Crippen LogP contribution in [0.1, 0.15) is 26.2 Å². The van der Waals surface area contributed by atoms with Crippen molar-refractivity contribution in [1.29, 1.82) is 0 Å². The Bertz CT molecular complexity index is 602. The standard InChI is InChI=1S/C13H19FN2O3S/c1-13(17)5-2-7-16(8-6-13)20(18,19)12-9-10(14)3-4-11(12)15/h3-4,9,17H,2,5-8,15H2,1H3. The van der Waals surface area contributed by atoms with E-state index in [2.05, 4.69) is 0 Å². The maximum atomic E-state index is 13.3. The molecule has 5 nitrogen and oxygen atoms in total. The van der Waals surface area contributed by atoms with E-state index in [1.165, 1.54) is 10.4 Å². The van der Waals surface area contributed by atoms with Crippen LogP contribution in [0.2, 0.25) is 0 Å². The molecule has 0 radical (unpaired) electrons. The van der Waals surface area contributed by atoms with Crippen molar-refractivity contribution in [2.45, 2.75) is 36.7 Å². The lowest BCUT2D eigenvalue weighted by Crippen LogP contribution is -2.34. The Labute approximate surface area is 118 Å². The van der Waals surface area contributed by atoms with Gasteiger partial charge in [0.15, 0.2) is 0 Å². The van der Waals surface area contributed by atoms with Gasteiger partial charge in [-0.15, -0.1) is 0 Å². The molecule has 0 aliphatic carbocycles. The van der Waals surface area contributed by atoms with Crippen molar-refractivity contribution in [1.82, 2.24) is 4.31 Å². The maximum Gasteiger partial charge on any atom is 0.245 e. The summed E-state index contributed by atoms with van der Waals surface area (Å²) < 4.78 is 39.6. The highest BCUT2D eigenvalue weighted by Crippen LogP contribution is 2.28. The van der Waals surface area contributed by atoms with E-state index in [1.54, 1.807) is 6.92 Å². The molecular formula is C13H19FN2O3S. The Morgan fingerprint density at radius 1 is 1.35 bits per heavy atom. The summed E-state index contributed by atoms with van der Waals surface area (Å²) in [6, 6.07) is 3.31. The lowest BCUT2D eigenvalue weighted by molar-refractivity contribution is 0.0465. The highest BCUT2D eigenvalue weighted by atomic mass is 32.2. The van der Waals surface area contributed by atoms with Gasteiger partial charge < -0.3 is 10.8 Å². The number of nitrogen functional groups attached to an aromatic ring is 1. The molecule has 7 heteroatoms. The molecule has 20 heavy (non-hydrogen) atoms. The molecule has 1 unspecified atom stereocenters. The number of halogens is 1. The summed E-state index contributed by atoms with van der Waals surface area (Å²) in [6.07, 6.45) is 1.44. The van der Waals surface area contributed by atoms with Gasteiger partial charge in [-0.25, -0.2) is 12.8 Å². The molecule has 3 N–H and O–H groups in total. The fraction of sp³-hybridized carbons (Fsp3) is 0.538. The summed E-state index contributed by atoms with van der Waals surface area (Å²) in [5.74, 6) is -0.639. The van der Waals surface area contributed by atoms with E-state index >= 15 is 0 Å². The predicted octanol–water partition coefficient (Wildman–Crippen LogP) is 1.33. The number of hydrogen-bond acceptors (Lipinski definition) is 4. The number of sulfonamides is 1. The van der Waals surface area contributed by atoms with Crippen LogP contribution >= 0.6 is 0 Å². The van der Waals surface area contributed by atoms with Crippen molar-refractivity contribution in [3.63, 3.8) is 0 Å². The fourth-order valence-corrected chi connectivity index (χ4v) is 3.96. The van der Waals surface area contributed by atoms with Crippen LogP contribution in [0.15, 0.2) is 23.1 Å². The Balaban J connectivity index is 2.33. The summed E-state index contributed by atoms with van der Waals surface area (Å²) in [7, 11) is -3.83. The Kier molecular flexibility index (Phi) is 4.04. The zero-order valence-corrected chi connectivity index (χ0v) is 12.2. The molecule has 112 valence electrons. The van der Waals surface area contributed by atoms with Crippen LogP contribution in [0.4, 0.5) is 10.1 Å². The average molecular weight is 302 g/mol. The predicted molar refractivity (Wildman–Crippen MR) is 74.0 cm³/mol. The molecule has 2 rings (SSSR count). The van der Waals surface area contributed by atoms with Crippen LogP contribution in [-0.2, 0) is 10.0 Å². The Morgan fingerprint density at radius 2 is 2.05 bits per heavy atom. The molecule has 1 heterocycles. The van der Waals surface area contributed by atoms with Gasteiger partial charge in [-0.2, -0.15) is 4.31 Å². The van der Waals surface area contributed by atoms with Gasteiger partial charge in [0.1, 0.15) is 10.7 Å². The normalized spacial score (nSPS) is 25.4. The third-order valence-electron chi connectivity index (χ3n) is 3.62. The summed E-state index contributed by atoms with van der Waals surface area (Å²) in [6.45, 7) is 2.19. The van der Waals surface area contributed by atoms with Gasteiger partial charge in [0.2, 0.25) is 10.0 Å². The van der Waals surface area contributed by atoms with Crippen LogP contribution in [-0.4, -0.2) is 36.5 Å². The van der Waals surface area contributed by atoms with Gasteiger partial charge in [-0.05, 0) is 44.4 Å². The number of rotatable bonds is 2. The van der Waals surface area contributed by atoms with E-state index in [4.69, 9.17) is 5.73 Å². The van der Waals surface area contributed by atoms with Gasteiger partial charge in [0.05, 0.1) is 11.3 Å². The Hall–Kier alpha value is -1.18. The lowest BCUT2D eigenvalue weighted by atomic mass is 9.98. The molecule has 0 bridgehead atoms. The lowest BCUT2D eigenvalue weighted by Gasteiger charge is -2.22. The van der Waals surface area contributed by atoms with Crippen LogP contribution < -0.4 is 5.73 Å². The van der Waals surface area contributed by atoms with Gasteiger partial charge >= 0.3 is 0 Å². The smallest absolute Gasteiger partial charge is 0.245 e. The highest BCUT2D eigenvalue weighted by Gasteiger charge is 2.32. The zero-order valence-electron chi connectivity index (χ0n) is 11.3. The SMILES string of the molecule is CC1(O)CCCN(S(=O)(=O)c2cc(F)ccc2N)CC1. The van der Waals surface area contributed by atoms with Crippen molar-refractivity contribution in [2.75, 3.05) is 18.8 Å². The molecule has 1 aliphatic rings. The number of nitrogens with two attached hydrogens (primary N) is 1. The summed E-state index contributed by atoms with van der Waals surface area (Å²) in [4.78, 5) is -0.209. The molecule has 0 aromatic heterocycles. The van der Waals surface area contributed by atoms with E-state index in [0.29, 0.717) is 25.8 Å². The first kappa shape index (κ1) is 15.2. The van der Waals surface area contributed by atoms with Crippen molar-refractivity contribution in [3.05, 3.63) is 24.0 Å². The van der Waals surface area contributed by atoms with Crippen molar-refractivity contribution in [2.24, 2.45) is 0 Å². The third kappa shape index (κ3) is 3.11. The first-order valence-electron chi connectivity index (χ1n) is 6.50. The van der Waals surface area contributed by atoms with Crippen molar-refractivity contribution >= 4 is 15.7 Å². The van der Waals surface area contributed by atoms with Crippen LogP contribution in [0.3, 0.4) is 0 Å². The topological polar surface area (TPSA) is 83.6 Å². The van der Waals surface area contributed by atoms with E-state index in [9.17, 15) is 17.9 Å². The number of hydrogen-bond donors (Lipinski definition) is 2. The second-order valence-corrected chi connectivity index (χ2v) is 7.34. The molecule has 1 aromatic carbocycles. The van der Waals surface area contributed by atoms with Gasteiger partial charge in [-0.1, -0.05) is 0 Å². The molecule has 0 amide bonds. The Morgan fingerprint density at radius 3 is 2.75 bits per heavy atom. The third-order valence-corrected chi connectivity index (χ3v) is 5.57. The molecule has 1 aromatic rings. The fourth-order valence-electron chi connectivity index (χ4n) is 2.35. The number of aliphatic hydroxyl groups is 1. The van der Waals surface area contributed by atoms with Gasteiger partial charge in [0, 0.05) is 13.1 Å². The number of benzene rings is 1. The van der Waals surface area contributed by atoms with Gasteiger partial charge in [-0.3, -0.25) is 0 Å². The monoisotopic (exact) mass is 302 g/mol. The number of nitrogens with zero attached hydrogens (tertiary/aromatic N) is 1. The summed E-state index contributed by atoms with van der Waals surface area (Å²) in [5, 5.41) is 10.0.